The number of aryl methyl sites for hydroxylation is 2. The molecular weight excluding hydrogens is 352 g/mol. The number of nitrogens with zero attached hydrogens (tertiary/aromatic N) is 4. The summed E-state index contributed by atoms with van der Waals surface area (Å²) in [6.07, 6.45) is 8.69. The summed E-state index contributed by atoms with van der Waals surface area (Å²) in [6.45, 7) is 13.9. The zero-order chi connectivity index (χ0) is 20.9. The second kappa shape index (κ2) is 12.1. The van der Waals surface area contributed by atoms with Gasteiger partial charge in [-0.1, -0.05) is 35.9 Å². The van der Waals surface area contributed by atoms with Crippen LogP contribution in [0.3, 0.4) is 0 Å². The molecule has 0 aliphatic rings. The molecule has 3 heterocycles. The summed E-state index contributed by atoms with van der Waals surface area (Å²) in [5.41, 5.74) is 5.12. The number of carbonyl (C=O) groups is 1. The summed E-state index contributed by atoms with van der Waals surface area (Å²) in [4.78, 5) is 18.3. The van der Waals surface area contributed by atoms with Gasteiger partial charge in [0.05, 0.1) is 0 Å². The van der Waals surface area contributed by atoms with E-state index in [2.05, 4.69) is 37.2 Å². The molecule has 7 nitrogen and oxygen atoms in total. The Hall–Kier alpha value is -3.35. The highest BCUT2D eigenvalue weighted by atomic mass is 16.1. The van der Waals surface area contributed by atoms with Gasteiger partial charge in [0.2, 0.25) is 0 Å². The number of aromatic nitrogens is 6. The standard InChI is InChI=1S/C14H19NO.C6H7N.CH2N4/c1-6-12-11(8-16)14(10(4)5)13(15-12)7-9(2)3;1-6-3-2-4-7-5-6;1-2-4-5-3-1/h7-8,15H,2,6H2,1,3-5H3;2-5H,1H3;1H,(H,2,3,4,5)/b13-7+;;. The highest BCUT2D eigenvalue weighted by Gasteiger charge is 2.06. The van der Waals surface area contributed by atoms with Gasteiger partial charge in [0.15, 0.2) is 12.6 Å². The maximum atomic E-state index is 11.1. The van der Waals surface area contributed by atoms with Crippen LogP contribution in [0.15, 0.2) is 43.0 Å². The van der Waals surface area contributed by atoms with E-state index in [1.54, 1.807) is 6.20 Å². The van der Waals surface area contributed by atoms with Crippen LogP contribution >= 0.6 is 0 Å². The van der Waals surface area contributed by atoms with Crippen molar-refractivity contribution in [1.29, 1.82) is 0 Å². The summed E-state index contributed by atoms with van der Waals surface area (Å²) in [7, 11) is 0. The average Bonchev–Trinajstić information content (AvgIpc) is 3.33. The molecular formula is C21H28N6O. The van der Waals surface area contributed by atoms with E-state index in [1.165, 1.54) is 11.9 Å². The zero-order valence-electron chi connectivity index (χ0n) is 17.2. The molecule has 0 saturated carbocycles. The average molecular weight is 380 g/mol. The second-order valence-electron chi connectivity index (χ2n) is 6.36. The first-order chi connectivity index (χ1) is 13.4. The van der Waals surface area contributed by atoms with Crippen LogP contribution in [0.25, 0.3) is 11.6 Å². The minimum Gasteiger partial charge on any atom is -0.358 e. The Morgan fingerprint density at radius 3 is 2.36 bits per heavy atom. The third kappa shape index (κ3) is 7.49. The fourth-order valence-corrected chi connectivity index (χ4v) is 2.47. The second-order valence-corrected chi connectivity index (χ2v) is 6.36. The monoisotopic (exact) mass is 380 g/mol. The summed E-state index contributed by atoms with van der Waals surface area (Å²) >= 11 is 0. The number of hydrogen-bond acceptors (Lipinski definition) is 5. The maximum Gasteiger partial charge on any atom is 0.161 e. The van der Waals surface area contributed by atoms with Crippen molar-refractivity contribution in [1.82, 2.24) is 30.6 Å². The van der Waals surface area contributed by atoms with Crippen LogP contribution in [0.1, 0.15) is 49.3 Å². The van der Waals surface area contributed by atoms with Gasteiger partial charge in [-0.25, -0.2) is 0 Å². The molecule has 2 N–H and O–H groups in total. The molecule has 0 fully saturated rings. The SMILES string of the molecule is C=C(C)/C=c1/[nH]c(CC)c(C=O)c1=C(C)C.Cc1cccnc1.c1nn[nH]n1. The van der Waals surface area contributed by atoms with Crippen LogP contribution < -0.4 is 10.6 Å². The number of pyridine rings is 1. The molecule has 0 spiro atoms. The van der Waals surface area contributed by atoms with Gasteiger partial charge in [0, 0.05) is 34.2 Å². The highest BCUT2D eigenvalue weighted by Crippen LogP contribution is 1.99. The van der Waals surface area contributed by atoms with Crippen LogP contribution in [-0.4, -0.2) is 36.9 Å². The van der Waals surface area contributed by atoms with E-state index in [0.29, 0.717) is 0 Å². The van der Waals surface area contributed by atoms with Crippen LogP contribution in [0.5, 0.6) is 0 Å². The first-order valence-corrected chi connectivity index (χ1v) is 8.94. The van der Waals surface area contributed by atoms with Gasteiger partial charge in [-0.05, 0) is 51.8 Å². The van der Waals surface area contributed by atoms with Crippen LogP contribution in [0.2, 0.25) is 0 Å². The summed E-state index contributed by atoms with van der Waals surface area (Å²) in [5, 5.41) is 14.2. The van der Waals surface area contributed by atoms with Crippen molar-refractivity contribution >= 4 is 17.9 Å². The van der Waals surface area contributed by atoms with Gasteiger partial charge in [0.25, 0.3) is 0 Å². The van der Waals surface area contributed by atoms with Crippen LogP contribution in [0.4, 0.5) is 0 Å². The third-order valence-electron chi connectivity index (χ3n) is 3.59. The Kier molecular flexibility index (Phi) is 9.82. The van der Waals surface area contributed by atoms with Crippen LogP contribution in [-0.2, 0) is 6.42 Å². The zero-order valence-corrected chi connectivity index (χ0v) is 17.2. The number of H-pyrrole nitrogens is 2. The Morgan fingerprint density at radius 1 is 1.29 bits per heavy atom. The van der Waals surface area contributed by atoms with E-state index in [1.807, 2.05) is 59.0 Å². The van der Waals surface area contributed by atoms with E-state index >= 15 is 0 Å². The largest absolute Gasteiger partial charge is 0.358 e. The first kappa shape index (κ1) is 22.7. The molecule has 3 rings (SSSR count). The first-order valence-electron chi connectivity index (χ1n) is 8.94. The smallest absolute Gasteiger partial charge is 0.161 e. The Labute approximate surface area is 165 Å². The molecule has 0 aliphatic heterocycles. The normalized spacial score (nSPS) is 10.2. The van der Waals surface area contributed by atoms with Crippen molar-refractivity contribution < 1.29 is 4.79 Å². The molecule has 0 atom stereocenters. The molecule has 0 bridgehead atoms. The van der Waals surface area contributed by atoms with Crippen molar-refractivity contribution in [3.63, 3.8) is 0 Å². The van der Waals surface area contributed by atoms with Crippen molar-refractivity contribution in [2.24, 2.45) is 0 Å². The van der Waals surface area contributed by atoms with Crippen molar-refractivity contribution in [3.8, 4) is 0 Å². The van der Waals surface area contributed by atoms with Gasteiger partial charge >= 0.3 is 0 Å². The van der Waals surface area contributed by atoms with E-state index < -0.39 is 0 Å². The van der Waals surface area contributed by atoms with Crippen molar-refractivity contribution in [2.45, 2.75) is 41.0 Å². The summed E-state index contributed by atoms with van der Waals surface area (Å²) in [5.74, 6) is 0. The predicted molar refractivity (Wildman–Crippen MR) is 112 cm³/mol. The Balaban J connectivity index is 0.000000264. The molecule has 3 aromatic heterocycles. The number of nitrogens with one attached hydrogen (secondary N) is 2. The molecule has 0 aliphatic carbocycles. The van der Waals surface area contributed by atoms with Gasteiger partial charge in [-0.2, -0.15) is 5.21 Å². The molecule has 0 radical (unpaired) electrons. The lowest BCUT2D eigenvalue weighted by Gasteiger charge is -1.92. The number of tetrazole rings is 1. The number of hydrogen-bond donors (Lipinski definition) is 2. The van der Waals surface area contributed by atoms with Gasteiger partial charge in [-0.3, -0.25) is 9.78 Å². The number of aldehydes is 1. The minimum atomic E-state index is 0.787. The summed E-state index contributed by atoms with van der Waals surface area (Å²) in [6, 6.07) is 3.95. The minimum absolute atomic E-state index is 0.787. The fraction of sp³-hybridized carbons (Fsp3) is 0.286. The highest BCUT2D eigenvalue weighted by molar-refractivity contribution is 5.79. The number of allylic oxidation sites excluding steroid dienone is 1. The molecule has 7 heteroatoms. The molecule has 3 aromatic rings. The molecule has 0 amide bonds. The molecule has 148 valence electrons. The number of carbonyl (C=O) groups excluding carboxylic acids is 1. The van der Waals surface area contributed by atoms with E-state index in [-0.39, 0.29) is 0 Å². The molecule has 0 unspecified atom stereocenters. The van der Waals surface area contributed by atoms with E-state index in [0.717, 1.165) is 45.7 Å². The Morgan fingerprint density at radius 2 is 2.04 bits per heavy atom. The van der Waals surface area contributed by atoms with Crippen LogP contribution in [0, 0.1) is 6.92 Å². The van der Waals surface area contributed by atoms with Gasteiger partial charge in [-0.15, -0.1) is 10.2 Å². The number of rotatable bonds is 3. The van der Waals surface area contributed by atoms with Crippen molar-refractivity contribution in [2.75, 3.05) is 0 Å². The molecule has 0 aromatic carbocycles. The molecule has 28 heavy (non-hydrogen) atoms. The lowest BCUT2D eigenvalue weighted by Crippen LogP contribution is -2.26. The summed E-state index contributed by atoms with van der Waals surface area (Å²) < 4.78 is 0. The van der Waals surface area contributed by atoms with E-state index in [4.69, 9.17) is 0 Å². The quantitative estimate of drug-likeness (QED) is 0.680. The van der Waals surface area contributed by atoms with Crippen molar-refractivity contribution in [3.05, 3.63) is 70.4 Å². The fourth-order valence-electron chi connectivity index (χ4n) is 2.47. The predicted octanol–water partition coefficient (Wildman–Crippen LogP) is 2.53. The van der Waals surface area contributed by atoms with Gasteiger partial charge in [0.1, 0.15) is 0 Å². The van der Waals surface area contributed by atoms with E-state index in [9.17, 15) is 4.79 Å². The topological polar surface area (TPSA) is 100 Å². The number of aromatic amines is 2. The lowest BCUT2D eigenvalue weighted by molar-refractivity contribution is 0.112. The Bertz CT molecular complexity index is 951. The maximum absolute atomic E-state index is 11.1. The third-order valence-corrected chi connectivity index (χ3v) is 3.59. The lowest BCUT2D eigenvalue weighted by atomic mass is 10.1. The molecule has 0 saturated heterocycles. The van der Waals surface area contributed by atoms with Gasteiger partial charge < -0.3 is 4.98 Å².